The first kappa shape index (κ1) is 19.8. The Bertz CT molecular complexity index is 787. The van der Waals surface area contributed by atoms with E-state index >= 15 is 0 Å². The molecule has 1 amide bonds. The number of hydrogen-bond donors (Lipinski definition) is 5. The van der Waals surface area contributed by atoms with Gasteiger partial charge in [0.1, 0.15) is 0 Å². The summed E-state index contributed by atoms with van der Waals surface area (Å²) in [5.74, 6) is -2.17. The number of amides is 1. The van der Waals surface area contributed by atoms with Crippen LogP contribution in [-0.4, -0.2) is 26.9 Å². The number of phenols is 3. The van der Waals surface area contributed by atoms with Crippen LogP contribution in [0.25, 0.3) is 0 Å². The number of halogens is 3. The second-order valence-corrected chi connectivity index (χ2v) is 4.89. The minimum absolute atomic E-state index is 0.0630. The van der Waals surface area contributed by atoms with Crippen LogP contribution in [0, 0.1) is 5.41 Å². The summed E-state index contributed by atoms with van der Waals surface area (Å²) < 4.78 is 36.0. The second-order valence-electron chi connectivity index (χ2n) is 4.89. The molecule has 0 spiro atoms. The molecule has 2 rings (SSSR count). The first-order chi connectivity index (χ1) is 11.4. The Kier molecular flexibility index (Phi) is 5.99. The van der Waals surface area contributed by atoms with Crippen molar-refractivity contribution >= 4 is 11.6 Å². The number of hydrogen-bond acceptors (Lipinski definition) is 5. The Morgan fingerprint density at radius 1 is 1.00 bits per heavy atom. The monoisotopic (exact) mass is 356 g/mol. The van der Waals surface area contributed by atoms with Gasteiger partial charge in [-0.25, -0.2) is 0 Å². The molecule has 0 heterocycles. The summed E-state index contributed by atoms with van der Waals surface area (Å²) in [6.07, 6.45) is -4.38. The minimum Gasteiger partial charge on any atom is -0.504 e. The molecule has 0 aromatic heterocycles. The fourth-order valence-corrected chi connectivity index (χ4v) is 1.70. The molecule has 0 saturated carbocycles. The van der Waals surface area contributed by atoms with Gasteiger partial charge in [-0.1, -0.05) is 0 Å². The van der Waals surface area contributed by atoms with Crippen LogP contribution in [0.4, 0.5) is 13.2 Å². The van der Waals surface area contributed by atoms with Crippen LogP contribution in [0.1, 0.15) is 28.4 Å². The van der Waals surface area contributed by atoms with Crippen LogP contribution < -0.4 is 5.73 Å². The average molecular weight is 356 g/mol. The van der Waals surface area contributed by atoms with Crippen molar-refractivity contribution in [1.29, 1.82) is 5.41 Å². The summed E-state index contributed by atoms with van der Waals surface area (Å²) in [5, 5.41) is 34.4. The van der Waals surface area contributed by atoms with E-state index in [0.29, 0.717) is 0 Å². The molecule has 0 unspecified atom stereocenters. The molecule has 9 heteroatoms. The van der Waals surface area contributed by atoms with E-state index in [1.165, 1.54) is 19.1 Å². The van der Waals surface area contributed by atoms with Crippen LogP contribution in [0.15, 0.2) is 36.4 Å². The first-order valence-corrected chi connectivity index (χ1v) is 6.71. The Hall–Kier alpha value is -3.23. The highest BCUT2D eigenvalue weighted by Gasteiger charge is 2.30. The van der Waals surface area contributed by atoms with Crippen molar-refractivity contribution in [3.63, 3.8) is 0 Å². The van der Waals surface area contributed by atoms with E-state index in [1.807, 2.05) is 0 Å². The van der Waals surface area contributed by atoms with Gasteiger partial charge in [-0.2, -0.15) is 13.2 Å². The van der Waals surface area contributed by atoms with E-state index in [1.54, 1.807) is 0 Å². The molecule has 6 nitrogen and oxygen atoms in total. The zero-order chi connectivity index (χ0) is 19.4. The lowest BCUT2D eigenvalue weighted by Crippen LogP contribution is -2.11. The van der Waals surface area contributed by atoms with Gasteiger partial charge in [-0.05, 0) is 43.3 Å². The first-order valence-electron chi connectivity index (χ1n) is 6.71. The zero-order valence-electron chi connectivity index (χ0n) is 12.9. The highest BCUT2D eigenvalue weighted by molar-refractivity contribution is 5.99. The SMILES string of the molecule is CC(=N)c1ccc(O)c(O)c1O.NC(=O)c1ccc(C(F)(F)F)cc1. The van der Waals surface area contributed by atoms with Crippen molar-refractivity contribution in [2.24, 2.45) is 5.73 Å². The van der Waals surface area contributed by atoms with Gasteiger partial charge in [0.15, 0.2) is 11.5 Å². The number of alkyl halides is 3. The van der Waals surface area contributed by atoms with Crippen LogP contribution in [0.5, 0.6) is 17.2 Å². The van der Waals surface area contributed by atoms with E-state index in [0.717, 1.165) is 24.3 Å². The van der Waals surface area contributed by atoms with Crippen LogP contribution in [0.2, 0.25) is 0 Å². The smallest absolute Gasteiger partial charge is 0.416 e. The fraction of sp³-hybridized carbons (Fsp3) is 0.125. The van der Waals surface area contributed by atoms with E-state index in [-0.39, 0.29) is 16.8 Å². The molecule has 2 aromatic rings. The van der Waals surface area contributed by atoms with Crippen LogP contribution in [0.3, 0.4) is 0 Å². The van der Waals surface area contributed by atoms with E-state index in [2.05, 4.69) is 0 Å². The molecule has 0 aliphatic rings. The molecule has 0 radical (unpaired) electrons. The quantitative estimate of drug-likeness (QED) is 0.418. The number of primary amides is 1. The number of phenolic OH excluding ortho intramolecular Hbond substituents is 3. The summed E-state index contributed by atoms with van der Waals surface area (Å²) in [5.41, 5.74) is 4.46. The Labute approximate surface area is 140 Å². The molecule has 0 aliphatic carbocycles. The standard InChI is InChI=1S/C8H6F3NO.C8H9NO3/c9-8(10,11)6-3-1-5(2-4-6)7(12)13;1-4(9)5-2-3-6(10)8(12)7(5)11/h1-4H,(H2,12,13);2-3,9-12H,1H3. The predicted octanol–water partition coefficient (Wildman–Crippen LogP) is 3.00. The van der Waals surface area contributed by atoms with Gasteiger partial charge in [-0.3, -0.25) is 4.79 Å². The van der Waals surface area contributed by atoms with Crippen LogP contribution >= 0.6 is 0 Å². The number of aromatic hydroxyl groups is 3. The maximum atomic E-state index is 12.0. The van der Waals surface area contributed by atoms with Crippen LogP contribution in [-0.2, 0) is 6.18 Å². The summed E-state index contributed by atoms with van der Waals surface area (Å²) in [7, 11) is 0. The maximum absolute atomic E-state index is 12.0. The molecule has 0 fully saturated rings. The summed E-state index contributed by atoms with van der Waals surface area (Å²) in [4.78, 5) is 10.5. The summed E-state index contributed by atoms with van der Waals surface area (Å²) >= 11 is 0. The molecule has 2 aromatic carbocycles. The average Bonchev–Trinajstić information content (AvgIpc) is 2.52. The minimum atomic E-state index is -4.38. The van der Waals surface area contributed by atoms with E-state index < -0.39 is 34.9 Å². The largest absolute Gasteiger partial charge is 0.504 e. The van der Waals surface area contributed by atoms with E-state index in [9.17, 15) is 23.1 Å². The van der Waals surface area contributed by atoms with Crippen molar-refractivity contribution < 1.29 is 33.3 Å². The third-order valence-electron chi connectivity index (χ3n) is 3.03. The number of nitrogens with two attached hydrogens (primary N) is 1. The van der Waals surface area contributed by atoms with Gasteiger partial charge in [-0.15, -0.1) is 0 Å². The fourth-order valence-electron chi connectivity index (χ4n) is 1.70. The van der Waals surface area contributed by atoms with Crippen molar-refractivity contribution in [2.75, 3.05) is 0 Å². The molecule has 0 aliphatic heterocycles. The number of carbonyl (C=O) groups is 1. The molecule has 0 atom stereocenters. The molecular formula is C16H15F3N2O4. The number of carbonyl (C=O) groups excluding carboxylic acids is 1. The number of benzene rings is 2. The summed E-state index contributed by atoms with van der Waals surface area (Å²) in [6, 6.07) is 6.33. The van der Waals surface area contributed by atoms with Crippen molar-refractivity contribution in [2.45, 2.75) is 13.1 Å². The van der Waals surface area contributed by atoms with Gasteiger partial charge < -0.3 is 26.5 Å². The second kappa shape index (κ2) is 7.56. The van der Waals surface area contributed by atoms with Gasteiger partial charge in [0.25, 0.3) is 0 Å². The lowest BCUT2D eigenvalue weighted by molar-refractivity contribution is -0.137. The molecular weight excluding hydrogens is 341 g/mol. The van der Waals surface area contributed by atoms with Gasteiger partial charge in [0.05, 0.1) is 5.56 Å². The zero-order valence-corrected chi connectivity index (χ0v) is 12.9. The molecule has 25 heavy (non-hydrogen) atoms. The Morgan fingerprint density at radius 3 is 1.92 bits per heavy atom. The molecule has 0 saturated heterocycles. The Balaban J connectivity index is 0.000000251. The van der Waals surface area contributed by atoms with Crippen molar-refractivity contribution in [1.82, 2.24) is 0 Å². The van der Waals surface area contributed by atoms with Gasteiger partial charge in [0, 0.05) is 16.8 Å². The van der Waals surface area contributed by atoms with Crippen molar-refractivity contribution in [3.05, 3.63) is 53.1 Å². The van der Waals surface area contributed by atoms with Crippen molar-refractivity contribution in [3.8, 4) is 17.2 Å². The number of nitrogens with one attached hydrogen (secondary N) is 1. The number of rotatable bonds is 2. The van der Waals surface area contributed by atoms with E-state index in [4.69, 9.17) is 21.4 Å². The molecule has 0 bridgehead atoms. The molecule has 134 valence electrons. The third-order valence-corrected chi connectivity index (χ3v) is 3.03. The lowest BCUT2D eigenvalue weighted by atomic mass is 10.1. The Morgan fingerprint density at radius 2 is 1.52 bits per heavy atom. The highest BCUT2D eigenvalue weighted by Crippen LogP contribution is 2.36. The lowest BCUT2D eigenvalue weighted by Gasteiger charge is -2.05. The maximum Gasteiger partial charge on any atom is 0.416 e. The topological polar surface area (TPSA) is 128 Å². The van der Waals surface area contributed by atoms with Gasteiger partial charge >= 0.3 is 6.18 Å². The third kappa shape index (κ3) is 5.13. The predicted molar refractivity (Wildman–Crippen MR) is 83.9 cm³/mol. The normalized spacial score (nSPS) is 10.6. The highest BCUT2D eigenvalue weighted by atomic mass is 19.4. The molecule has 6 N–H and O–H groups in total. The summed E-state index contributed by atoms with van der Waals surface area (Å²) in [6.45, 7) is 1.48. The van der Waals surface area contributed by atoms with Gasteiger partial charge in [0.2, 0.25) is 11.7 Å².